The van der Waals surface area contributed by atoms with Gasteiger partial charge in [-0.25, -0.2) is 14.2 Å². The highest BCUT2D eigenvalue weighted by Gasteiger charge is 2.27. The summed E-state index contributed by atoms with van der Waals surface area (Å²) in [4.78, 5) is 23.7. The molecule has 3 aromatic rings. The topological polar surface area (TPSA) is 73.9 Å². The third-order valence-corrected chi connectivity index (χ3v) is 9.67. The minimum absolute atomic E-state index is 0.252. The number of ether oxygens (including phenoxy) is 1. The highest BCUT2D eigenvalue weighted by atomic mass is 32.2. The minimum atomic E-state index is -0.505. The Bertz CT molecular complexity index is 1650. The number of piperazine rings is 1. The van der Waals surface area contributed by atoms with E-state index in [1.807, 2.05) is 20.8 Å². The van der Waals surface area contributed by atoms with Crippen LogP contribution in [0, 0.1) is 24.1 Å². The van der Waals surface area contributed by atoms with Crippen molar-refractivity contribution >= 4 is 34.8 Å². The molecule has 2 aromatic heterocycles. The number of hydrogen-bond acceptors (Lipinski definition) is 6. The van der Waals surface area contributed by atoms with Crippen molar-refractivity contribution in [3.8, 4) is 6.07 Å². The van der Waals surface area contributed by atoms with Gasteiger partial charge >= 0.3 is 6.09 Å². The number of allylic oxidation sites excluding steroid dienone is 4. The van der Waals surface area contributed by atoms with Crippen molar-refractivity contribution in [2.75, 3.05) is 31.1 Å². The smallest absolute Gasteiger partial charge is 0.410 e. The molecule has 9 heteroatoms. The van der Waals surface area contributed by atoms with Gasteiger partial charge in [-0.15, -0.1) is 0 Å². The Morgan fingerprint density at radius 2 is 1.89 bits per heavy atom. The van der Waals surface area contributed by atoms with Crippen LogP contribution in [0.2, 0.25) is 0 Å². The Hall–Kier alpha value is -3.77. The van der Waals surface area contributed by atoms with Crippen molar-refractivity contribution in [2.24, 2.45) is 0 Å². The van der Waals surface area contributed by atoms with Crippen molar-refractivity contribution < 1.29 is 13.9 Å². The van der Waals surface area contributed by atoms with Gasteiger partial charge in [-0.1, -0.05) is 43.8 Å². The molecule has 0 N–H and O–H groups in total. The Morgan fingerprint density at radius 1 is 1.18 bits per heavy atom. The maximum atomic E-state index is 13.5. The first kappa shape index (κ1) is 32.6. The number of carbonyl (C=O) groups is 1. The van der Waals surface area contributed by atoms with Crippen LogP contribution in [0.3, 0.4) is 0 Å². The van der Waals surface area contributed by atoms with Gasteiger partial charge in [0.1, 0.15) is 23.1 Å². The van der Waals surface area contributed by atoms with Crippen LogP contribution < -0.4 is 4.90 Å². The molecule has 2 aliphatic rings. The fourth-order valence-corrected chi connectivity index (χ4v) is 7.25. The van der Waals surface area contributed by atoms with E-state index >= 15 is 0 Å². The van der Waals surface area contributed by atoms with Gasteiger partial charge in [0.2, 0.25) is 0 Å². The second-order valence-corrected chi connectivity index (χ2v) is 14.1. The molecule has 1 aromatic carbocycles. The zero-order valence-electron chi connectivity index (χ0n) is 27.3. The molecular formula is C36H44FN5O2S. The number of anilines is 1. The first-order chi connectivity index (χ1) is 21.5. The molecule has 0 radical (unpaired) electrons. The molecule has 238 valence electrons. The standard InChI is InChI=1S/C36H44FN5O2S/c1-7-31-33(24(2)11-16-29-9-8-10-30(32(22-38)45-29)26-12-14-27(37)15-13-26)42-23-28(21-25(3)34(42)39-31)40-17-19-41(20-18-40)35(43)44-36(4,5)6/h9,12-15,21,23-24H,7-8,10-11,16-20H2,1-6H3. The summed E-state index contributed by atoms with van der Waals surface area (Å²) in [6.45, 7) is 15.0. The van der Waals surface area contributed by atoms with Crippen molar-refractivity contribution in [2.45, 2.75) is 85.2 Å². The average molecular weight is 630 g/mol. The van der Waals surface area contributed by atoms with Gasteiger partial charge in [0, 0.05) is 38.1 Å². The predicted molar refractivity (Wildman–Crippen MR) is 181 cm³/mol. The minimum Gasteiger partial charge on any atom is -0.444 e. The zero-order valence-corrected chi connectivity index (χ0v) is 28.1. The highest BCUT2D eigenvalue weighted by molar-refractivity contribution is 8.07. The van der Waals surface area contributed by atoms with Gasteiger partial charge in [0.15, 0.2) is 0 Å². The number of aromatic nitrogens is 2. The van der Waals surface area contributed by atoms with Crippen LogP contribution in [-0.4, -0.2) is 52.2 Å². The van der Waals surface area contributed by atoms with Crippen molar-refractivity contribution in [1.82, 2.24) is 14.3 Å². The second-order valence-electron chi connectivity index (χ2n) is 13.0. The molecule has 0 saturated carbocycles. The maximum Gasteiger partial charge on any atom is 0.410 e. The van der Waals surface area contributed by atoms with Crippen molar-refractivity contribution in [3.63, 3.8) is 0 Å². The number of thioether (sulfide) groups is 1. The van der Waals surface area contributed by atoms with Gasteiger partial charge in [-0.05, 0) is 106 Å². The molecule has 0 aliphatic carbocycles. The van der Waals surface area contributed by atoms with Crippen LogP contribution in [-0.2, 0) is 11.2 Å². The summed E-state index contributed by atoms with van der Waals surface area (Å²) in [6.07, 6.45) is 8.50. The van der Waals surface area contributed by atoms with Gasteiger partial charge in [0.25, 0.3) is 0 Å². The van der Waals surface area contributed by atoms with Crippen LogP contribution in [0.5, 0.6) is 0 Å². The van der Waals surface area contributed by atoms with Crippen LogP contribution in [0.1, 0.15) is 88.7 Å². The number of nitrogens with zero attached hydrogens (tertiary/aromatic N) is 5. The third kappa shape index (κ3) is 7.55. The van der Waals surface area contributed by atoms with E-state index < -0.39 is 5.60 Å². The normalized spacial score (nSPS) is 16.8. The molecule has 0 spiro atoms. The van der Waals surface area contributed by atoms with Crippen molar-refractivity contribution in [3.05, 3.63) is 80.7 Å². The number of halogens is 1. The van der Waals surface area contributed by atoms with E-state index in [2.05, 4.69) is 54.5 Å². The van der Waals surface area contributed by atoms with Crippen molar-refractivity contribution in [1.29, 1.82) is 5.26 Å². The van der Waals surface area contributed by atoms with Gasteiger partial charge < -0.3 is 18.9 Å². The van der Waals surface area contributed by atoms with E-state index in [4.69, 9.17) is 9.72 Å². The molecular weight excluding hydrogens is 585 g/mol. The number of benzene rings is 1. The maximum absolute atomic E-state index is 13.5. The summed E-state index contributed by atoms with van der Waals surface area (Å²) >= 11 is 1.56. The lowest BCUT2D eigenvalue weighted by molar-refractivity contribution is 0.0240. The van der Waals surface area contributed by atoms with E-state index in [1.165, 1.54) is 22.7 Å². The number of nitriles is 1. The van der Waals surface area contributed by atoms with E-state index in [9.17, 15) is 14.4 Å². The molecule has 1 fully saturated rings. The summed E-state index contributed by atoms with van der Waals surface area (Å²) < 4.78 is 21.4. The monoisotopic (exact) mass is 629 g/mol. The summed E-state index contributed by atoms with van der Waals surface area (Å²) in [6, 6.07) is 11.1. The summed E-state index contributed by atoms with van der Waals surface area (Å²) in [7, 11) is 0. The second kappa shape index (κ2) is 13.7. The number of imidazole rings is 1. The Labute approximate surface area is 270 Å². The fraction of sp³-hybridized carbons (Fsp3) is 0.472. The Morgan fingerprint density at radius 3 is 2.53 bits per heavy atom. The summed E-state index contributed by atoms with van der Waals surface area (Å²) in [5.41, 5.74) is 7.03. The molecule has 1 unspecified atom stereocenters. The number of carbonyl (C=O) groups excluding carboxylic acids is 1. The number of fused-ring (bicyclic) bond motifs is 1. The Balaban J connectivity index is 1.32. The molecule has 2 aliphatic heterocycles. The Kier molecular flexibility index (Phi) is 9.93. The fourth-order valence-electron chi connectivity index (χ4n) is 6.18. The summed E-state index contributed by atoms with van der Waals surface area (Å²) in [5.74, 6) is -0.0154. The number of amides is 1. The van der Waals surface area contributed by atoms with Gasteiger partial charge in [-0.3, -0.25) is 0 Å². The molecule has 5 rings (SSSR count). The first-order valence-corrected chi connectivity index (χ1v) is 16.8. The van der Waals surface area contributed by atoms with E-state index in [0.717, 1.165) is 78.9 Å². The number of pyridine rings is 1. The third-order valence-electron chi connectivity index (χ3n) is 8.49. The number of aryl methyl sites for hydroxylation is 2. The number of rotatable bonds is 7. The van der Waals surface area contributed by atoms with Gasteiger partial charge in [-0.2, -0.15) is 5.26 Å². The molecule has 4 heterocycles. The average Bonchev–Trinajstić information content (AvgIpc) is 3.27. The van der Waals surface area contributed by atoms with Crippen LogP contribution in [0.4, 0.5) is 14.9 Å². The van der Waals surface area contributed by atoms with E-state index in [0.29, 0.717) is 18.0 Å². The SMILES string of the molecule is CCc1nc2c(C)cc(N3CCN(C(=O)OC(C)(C)C)CC3)cn2c1C(C)CCC1=CCCC(c2ccc(F)cc2)=C(C#N)S1. The molecule has 7 nitrogen and oxygen atoms in total. The van der Waals surface area contributed by atoms with E-state index in [1.54, 1.807) is 28.8 Å². The molecule has 1 saturated heterocycles. The van der Waals surface area contributed by atoms with Crippen LogP contribution in [0.25, 0.3) is 11.2 Å². The van der Waals surface area contributed by atoms with Crippen LogP contribution >= 0.6 is 11.8 Å². The lowest BCUT2D eigenvalue weighted by atomic mass is 9.98. The quantitative estimate of drug-likeness (QED) is 0.261. The van der Waals surface area contributed by atoms with Crippen LogP contribution in [0.15, 0.2) is 52.4 Å². The highest BCUT2D eigenvalue weighted by Crippen LogP contribution is 2.41. The lowest BCUT2D eigenvalue weighted by Gasteiger charge is -2.37. The predicted octanol–water partition coefficient (Wildman–Crippen LogP) is 8.63. The number of hydrogen-bond donors (Lipinski definition) is 0. The molecule has 1 amide bonds. The molecule has 1 atom stereocenters. The molecule has 45 heavy (non-hydrogen) atoms. The zero-order chi connectivity index (χ0) is 32.3. The largest absolute Gasteiger partial charge is 0.444 e. The first-order valence-electron chi connectivity index (χ1n) is 16.0. The molecule has 0 bridgehead atoms. The lowest BCUT2D eigenvalue weighted by Crippen LogP contribution is -2.50. The van der Waals surface area contributed by atoms with E-state index in [-0.39, 0.29) is 17.8 Å². The summed E-state index contributed by atoms with van der Waals surface area (Å²) in [5, 5.41) is 10.0. The van der Waals surface area contributed by atoms with Gasteiger partial charge in [0.05, 0.1) is 16.3 Å².